The first-order valence-electron chi connectivity index (χ1n) is 5.14. The fourth-order valence-corrected chi connectivity index (χ4v) is 1.12. The summed E-state index contributed by atoms with van der Waals surface area (Å²) in [7, 11) is 1.75. The highest BCUT2D eigenvalue weighted by molar-refractivity contribution is 5.70. The van der Waals surface area contributed by atoms with Crippen molar-refractivity contribution < 1.29 is 9.53 Å². The Morgan fingerprint density at radius 3 is 2.53 bits per heavy atom. The Kier molecular flexibility index (Phi) is 4.16. The molecule has 3 heteroatoms. The van der Waals surface area contributed by atoms with Gasteiger partial charge in [0.1, 0.15) is 5.75 Å². The van der Waals surface area contributed by atoms with Crippen LogP contribution in [0.25, 0.3) is 0 Å². The average Bonchev–Trinajstić information content (AvgIpc) is 2.28. The van der Waals surface area contributed by atoms with Gasteiger partial charge in [0, 0.05) is 13.1 Å². The fourth-order valence-electron chi connectivity index (χ4n) is 1.12. The van der Waals surface area contributed by atoms with Crippen LogP contribution in [0.1, 0.15) is 20.3 Å². The van der Waals surface area contributed by atoms with E-state index in [4.69, 9.17) is 4.74 Å². The van der Waals surface area contributed by atoms with Crippen molar-refractivity contribution in [3.63, 3.8) is 0 Å². The van der Waals surface area contributed by atoms with Gasteiger partial charge in [0.15, 0.2) is 0 Å². The average molecular weight is 207 g/mol. The van der Waals surface area contributed by atoms with Gasteiger partial charge in [-0.15, -0.1) is 0 Å². The SMILES string of the molecule is CCC(C)N(C)C(=O)Oc1ccccc1. The number of hydrogen-bond acceptors (Lipinski definition) is 2. The molecule has 0 heterocycles. The molecule has 0 aromatic heterocycles. The number of benzene rings is 1. The molecule has 3 nitrogen and oxygen atoms in total. The van der Waals surface area contributed by atoms with Crippen LogP contribution >= 0.6 is 0 Å². The second-order valence-electron chi connectivity index (χ2n) is 3.55. The second kappa shape index (κ2) is 5.39. The minimum absolute atomic E-state index is 0.196. The second-order valence-corrected chi connectivity index (χ2v) is 3.55. The highest BCUT2D eigenvalue weighted by atomic mass is 16.6. The molecule has 1 rings (SSSR count). The molecule has 82 valence electrons. The van der Waals surface area contributed by atoms with Crippen LogP contribution in [-0.4, -0.2) is 24.1 Å². The monoisotopic (exact) mass is 207 g/mol. The van der Waals surface area contributed by atoms with Gasteiger partial charge in [-0.05, 0) is 25.5 Å². The lowest BCUT2D eigenvalue weighted by molar-refractivity contribution is 0.147. The number of para-hydroxylation sites is 1. The maximum atomic E-state index is 11.6. The van der Waals surface area contributed by atoms with E-state index in [1.165, 1.54) is 0 Å². The van der Waals surface area contributed by atoms with Crippen molar-refractivity contribution in [3.8, 4) is 5.75 Å². The summed E-state index contributed by atoms with van der Waals surface area (Å²) in [4.78, 5) is 13.2. The minimum Gasteiger partial charge on any atom is -0.410 e. The quantitative estimate of drug-likeness (QED) is 0.762. The first-order chi connectivity index (χ1) is 7.15. The van der Waals surface area contributed by atoms with Crippen LogP contribution in [0.5, 0.6) is 5.75 Å². The van der Waals surface area contributed by atoms with Crippen LogP contribution in [-0.2, 0) is 0 Å². The Bertz CT molecular complexity index is 311. The van der Waals surface area contributed by atoms with Crippen molar-refractivity contribution in [1.29, 1.82) is 0 Å². The summed E-state index contributed by atoms with van der Waals surface area (Å²) in [5.74, 6) is 0.581. The molecule has 15 heavy (non-hydrogen) atoms. The van der Waals surface area contributed by atoms with Crippen LogP contribution in [0.15, 0.2) is 30.3 Å². The molecule has 0 aliphatic rings. The molecule has 0 spiro atoms. The van der Waals surface area contributed by atoms with E-state index in [0.717, 1.165) is 6.42 Å². The molecule has 0 saturated carbocycles. The minimum atomic E-state index is -0.310. The van der Waals surface area contributed by atoms with Crippen LogP contribution in [0.2, 0.25) is 0 Å². The summed E-state index contributed by atoms with van der Waals surface area (Å²) in [6, 6.07) is 9.29. The predicted octanol–water partition coefficient (Wildman–Crippen LogP) is 2.92. The number of carbonyl (C=O) groups excluding carboxylic acids is 1. The van der Waals surface area contributed by atoms with Gasteiger partial charge in [0.2, 0.25) is 0 Å². The molecular weight excluding hydrogens is 190 g/mol. The summed E-state index contributed by atoms with van der Waals surface area (Å²) >= 11 is 0. The van der Waals surface area contributed by atoms with Gasteiger partial charge < -0.3 is 9.64 Å². The molecule has 1 unspecified atom stereocenters. The lowest BCUT2D eigenvalue weighted by Crippen LogP contribution is -2.36. The van der Waals surface area contributed by atoms with Crippen LogP contribution < -0.4 is 4.74 Å². The Hall–Kier alpha value is -1.51. The smallest absolute Gasteiger partial charge is 0.410 e. The highest BCUT2D eigenvalue weighted by Crippen LogP contribution is 2.11. The fraction of sp³-hybridized carbons (Fsp3) is 0.417. The van der Waals surface area contributed by atoms with E-state index in [9.17, 15) is 4.79 Å². The molecule has 0 radical (unpaired) electrons. The Labute approximate surface area is 90.7 Å². The molecule has 0 aliphatic heterocycles. The van der Waals surface area contributed by atoms with Gasteiger partial charge in [0.25, 0.3) is 0 Å². The van der Waals surface area contributed by atoms with Crippen molar-refractivity contribution >= 4 is 6.09 Å². The summed E-state index contributed by atoms with van der Waals surface area (Å²) in [5, 5.41) is 0. The molecule has 1 atom stereocenters. The maximum absolute atomic E-state index is 11.6. The van der Waals surface area contributed by atoms with Gasteiger partial charge in [-0.2, -0.15) is 0 Å². The zero-order chi connectivity index (χ0) is 11.3. The summed E-state index contributed by atoms with van der Waals surface area (Å²) in [6.07, 6.45) is 0.607. The molecule has 1 amide bonds. The van der Waals surface area contributed by atoms with E-state index >= 15 is 0 Å². The van der Waals surface area contributed by atoms with E-state index in [0.29, 0.717) is 5.75 Å². The lowest BCUT2D eigenvalue weighted by atomic mass is 10.2. The van der Waals surface area contributed by atoms with Crippen LogP contribution in [0.3, 0.4) is 0 Å². The first kappa shape index (κ1) is 11.6. The predicted molar refractivity (Wildman–Crippen MR) is 60.0 cm³/mol. The zero-order valence-electron chi connectivity index (χ0n) is 9.43. The molecule has 0 bridgehead atoms. The molecule has 0 aliphatic carbocycles. The number of hydrogen-bond donors (Lipinski definition) is 0. The van der Waals surface area contributed by atoms with Gasteiger partial charge >= 0.3 is 6.09 Å². The van der Waals surface area contributed by atoms with Gasteiger partial charge in [-0.1, -0.05) is 25.1 Å². The number of rotatable bonds is 3. The third-order valence-corrected chi connectivity index (χ3v) is 2.49. The number of amides is 1. The molecule has 1 aromatic carbocycles. The van der Waals surface area contributed by atoms with E-state index in [1.807, 2.05) is 32.0 Å². The zero-order valence-corrected chi connectivity index (χ0v) is 9.43. The van der Waals surface area contributed by atoms with E-state index < -0.39 is 0 Å². The summed E-state index contributed by atoms with van der Waals surface area (Å²) < 4.78 is 5.19. The maximum Gasteiger partial charge on any atom is 0.415 e. The molecule has 0 N–H and O–H groups in total. The van der Waals surface area contributed by atoms with Crippen LogP contribution in [0, 0.1) is 0 Å². The van der Waals surface area contributed by atoms with Crippen molar-refractivity contribution in [2.24, 2.45) is 0 Å². The third kappa shape index (κ3) is 3.27. The third-order valence-electron chi connectivity index (χ3n) is 2.49. The van der Waals surface area contributed by atoms with Crippen LogP contribution in [0.4, 0.5) is 4.79 Å². The van der Waals surface area contributed by atoms with Crippen molar-refractivity contribution in [2.45, 2.75) is 26.3 Å². The largest absolute Gasteiger partial charge is 0.415 e. The standard InChI is InChI=1S/C12H17NO2/c1-4-10(2)13(3)12(14)15-11-8-6-5-7-9-11/h5-10H,4H2,1-3H3. The van der Waals surface area contributed by atoms with Crippen molar-refractivity contribution in [2.75, 3.05) is 7.05 Å². The first-order valence-corrected chi connectivity index (χ1v) is 5.14. The lowest BCUT2D eigenvalue weighted by Gasteiger charge is -2.22. The molecule has 0 saturated heterocycles. The molecular formula is C12H17NO2. The number of nitrogens with zero attached hydrogens (tertiary/aromatic N) is 1. The highest BCUT2D eigenvalue weighted by Gasteiger charge is 2.15. The molecule has 1 aromatic rings. The Morgan fingerprint density at radius 1 is 1.40 bits per heavy atom. The van der Waals surface area contributed by atoms with E-state index in [2.05, 4.69) is 0 Å². The topological polar surface area (TPSA) is 29.5 Å². The van der Waals surface area contributed by atoms with Crippen molar-refractivity contribution in [1.82, 2.24) is 4.90 Å². The van der Waals surface area contributed by atoms with Crippen molar-refractivity contribution in [3.05, 3.63) is 30.3 Å². The molecule has 0 fully saturated rings. The van der Waals surface area contributed by atoms with E-state index in [-0.39, 0.29) is 12.1 Å². The number of carbonyl (C=O) groups is 1. The number of ether oxygens (including phenoxy) is 1. The summed E-state index contributed by atoms with van der Waals surface area (Å²) in [6.45, 7) is 4.03. The summed E-state index contributed by atoms with van der Waals surface area (Å²) in [5.41, 5.74) is 0. The van der Waals surface area contributed by atoms with Gasteiger partial charge in [0.05, 0.1) is 0 Å². The Morgan fingerprint density at radius 2 is 2.00 bits per heavy atom. The normalized spacial score (nSPS) is 11.9. The Balaban J connectivity index is 2.56. The van der Waals surface area contributed by atoms with Gasteiger partial charge in [-0.3, -0.25) is 0 Å². The van der Waals surface area contributed by atoms with E-state index in [1.54, 1.807) is 24.1 Å². The van der Waals surface area contributed by atoms with Gasteiger partial charge in [-0.25, -0.2) is 4.79 Å².